The van der Waals surface area contributed by atoms with Gasteiger partial charge < -0.3 is 25.2 Å². The molecule has 1 saturated carbocycles. The van der Waals surface area contributed by atoms with Crippen LogP contribution in [0.15, 0.2) is 48.5 Å². The molecule has 8 nitrogen and oxygen atoms in total. The predicted molar refractivity (Wildman–Crippen MR) is 121 cm³/mol. The Labute approximate surface area is 200 Å². The van der Waals surface area contributed by atoms with Crippen molar-refractivity contribution in [3.63, 3.8) is 0 Å². The molecule has 186 valence electrons. The highest BCUT2D eigenvalue weighted by Crippen LogP contribution is 2.55. The number of aliphatic carboxylic acids is 1. The number of amides is 2. The van der Waals surface area contributed by atoms with Crippen LogP contribution in [0.1, 0.15) is 23.5 Å². The van der Waals surface area contributed by atoms with Gasteiger partial charge in [-0.15, -0.1) is 0 Å². The van der Waals surface area contributed by atoms with E-state index in [4.69, 9.17) is 14.6 Å². The maximum atomic E-state index is 14.1. The van der Waals surface area contributed by atoms with Crippen molar-refractivity contribution >= 4 is 18.0 Å². The van der Waals surface area contributed by atoms with Gasteiger partial charge in [-0.1, -0.05) is 48.5 Å². The van der Waals surface area contributed by atoms with Crippen molar-refractivity contribution in [3.05, 3.63) is 59.7 Å². The van der Waals surface area contributed by atoms with Crippen LogP contribution in [-0.2, 0) is 19.1 Å². The number of hydrogen-bond donors (Lipinski definition) is 3. The van der Waals surface area contributed by atoms with Gasteiger partial charge in [-0.2, -0.15) is 0 Å². The number of carbonyl (C=O) groups excluding carboxylic acids is 2. The highest BCUT2D eigenvalue weighted by Gasteiger charge is 2.71. The summed E-state index contributed by atoms with van der Waals surface area (Å²) in [5.41, 5.74) is 4.24. The van der Waals surface area contributed by atoms with E-state index < -0.39 is 42.3 Å². The molecule has 2 amide bonds. The number of alkyl carbamates (subject to hydrolysis) is 1. The van der Waals surface area contributed by atoms with Crippen molar-refractivity contribution in [2.24, 2.45) is 11.8 Å². The molecule has 1 fully saturated rings. The quantitative estimate of drug-likeness (QED) is 0.419. The number of halogens is 2. The van der Waals surface area contributed by atoms with Crippen molar-refractivity contribution in [1.29, 1.82) is 0 Å². The van der Waals surface area contributed by atoms with Crippen molar-refractivity contribution in [2.75, 3.05) is 32.9 Å². The van der Waals surface area contributed by atoms with Crippen molar-refractivity contribution in [3.8, 4) is 11.1 Å². The summed E-state index contributed by atoms with van der Waals surface area (Å²) in [5.74, 6) is -8.10. The molecule has 0 unspecified atom stereocenters. The number of fused-ring (bicyclic) bond motifs is 3. The number of ether oxygens (including phenoxy) is 2. The third kappa shape index (κ3) is 5.43. The smallest absolute Gasteiger partial charge is 0.407 e. The first-order valence-electron chi connectivity index (χ1n) is 11.3. The number of benzene rings is 2. The number of hydrogen-bond acceptors (Lipinski definition) is 5. The first-order valence-corrected chi connectivity index (χ1v) is 11.3. The van der Waals surface area contributed by atoms with E-state index in [9.17, 15) is 23.2 Å². The van der Waals surface area contributed by atoms with Gasteiger partial charge >= 0.3 is 12.1 Å². The molecule has 10 heteroatoms. The van der Waals surface area contributed by atoms with E-state index in [-0.39, 0.29) is 38.7 Å². The van der Waals surface area contributed by atoms with Gasteiger partial charge in [-0.05, 0) is 22.3 Å². The Kier molecular flexibility index (Phi) is 7.30. The summed E-state index contributed by atoms with van der Waals surface area (Å²) in [6, 6.07) is 15.7. The third-order valence-electron chi connectivity index (χ3n) is 6.30. The molecule has 0 spiro atoms. The van der Waals surface area contributed by atoms with Crippen LogP contribution in [0, 0.1) is 11.8 Å². The van der Waals surface area contributed by atoms with Crippen LogP contribution in [-0.4, -0.2) is 61.9 Å². The van der Waals surface area contributed by atoms with Gasteiger partial charge in [0.1, 0.15) is 12.5 Å². The number of nitrogens with one attached hydrogen (secondary N) is 2. The maximum Gasteiger partial charge on any atom is 0.407 e. The van der Waals surface area contributed by atoms with Gasteiger partial charge in [0, 0.05) is 19.0 Å². The second-order valence-corrected chi connectivity index (χ2v) is 8.51. The minimum absolute atomic E-state index is 0.0139. The fourth-order valence-corrected chi connectivity index (χ4v) is 4.46. The number of carboxylic acid groups (broad SMARTS) is 1. The zero-order chi connectivity index (χ0) is 25.0. The van der Waals surface area contributed by atoms with Crippen LogP contribution >= 0.6 is 0 Å². The summed E-state index contributed by atoms with van der Waals surface area (Å²) in [6.07, 6.45) is -1.00. The fraction of sp³-hybridized carbons (Fsp3) is 0.400. The minimum atomic E-state index is -3.23. The largest absolute Gasteiger partial charge is 0.481 e. The van der Waals surface area contributed by atoms with Crippen LogP contribution in [0.2, 0.25) is 0 Å². The third-order valence-corrected chi connectivity index (χ3v) is 6.30. The highest BCUT2D eigenvalue weighted by atomic mass is 19.3. The van der Waals surface area contributed by atoms with Gasteiger partial charge in [0.2, 0.25) is 5.91 Å². The highest BCUT2D eigenvalue weighted by molar-refractivity contribution is 5.84. The number of rotatable bonds is 11. The van der Waals surface area contributed by atoms with Gasteiger partial charge in [0.15, 0.2) is 0 Å². The lowest BCUT2D eigenvalue weighted by atomic mass is 9.98. The first kappa shape index (κ1) is 24.6. The second kappa shape index (κ2) is 10.4. The van der Waals surface area contributed by atoms with E-state index in [1.54, 1.807) is 0 Å². The molecule has 0 bridgehead atoms. The van der Waals surface area contributed by atoms with Crippen molar-refractivity contribution in [2.45, 2.75) is 18.3 Å². The van der Waals surface area contributed by atoms with Crippen LogP contribution in [0.5, 0.6) is 0 Å². The summed E-state index contributed by atoms with van der Waals surface area (Å²) in [7, 11) is 0. The normalized spacial score (nSPS) is 19.4. The molecular weight excluding hydrogens is 462 g/mol. The molecule has 35 heavy (non-hydrogen) atoms. The fourth-order valence-electron chi connectivity index (χ4n) is 4.46. The molecule has 0 saturated heterocycles. The first-order chi connectivity index (χ1) is 16.8. The average Bonchev–Trinajstić information content (AvgIpc) is 3.24. The van der Waals surface area contributed by atoms with E-state index in [1.807, 2.05) is 48.5 Å². The zero-order valence-corrected chi connectivity index (χ0v) is 18.8. The lowest BCUT2D eigenvalue weighted by Crippen LogP contribution is -2.32. The number of carboxylic acids is 1. The van der Waals surface area contributed by atoms with Crippen LogP contribution in [0.25, 0.3) is 11.1 Å². The summed E-state index contributed by atoms with van der Waals surface area (Å²) < 4.78 is 38.5. The lowest BCUT2D eigenvalue weighted by Gasteiger charge is -2.14. The number of carbonyl (C=O) groups is 3. The van der Waals surface area contributed by atoms with Crippen molar-refractivity contribution < 1.29 is 37.7 Å². The molecule has 2 aromatic rings. The molecule has 0 radical (unpaired) electrons. The maximum absolute atomic E-state index is 14.1. The molecule has 0 aliphatic heterocycles. The summed E-state index contributed by atoms with van der Waals surface area (Å²) in [4.78, 5) is 34.7. The standard InChI is InChI=1S/C25H26F2N2O6/c26-25(27)20(22(25)23(32)28-10-12-34-11-9-21(30)31)13-29-24(33)35-14-19-17-7-3-1-5-15(17)16-6-2-4-8-18(16)19/h1-8,19-20,22H,9-14H2,(H,28,32)(H,29,33)(H,30,31)/t20-,22-/m0/s1. The van der Waals surface area contributed by atoms with E-state index in [0.717, 1.165) is 22.3 Å². The monoisotopic (exact) mass is 488 g/mol. The summed E-state index contributed by atoms with van der Waals surface area (Å²) >= 11 is 0. The molecule has 2 atom stereocenters. The molecule has 2 aromatic carbocycles. The zero-order valence-electron chi connectivity index (χ0n) is 18.8. The predicted octanol–water partition coefficient (Wildman–Crippen LogP) is 3.01. The van der Waals surface area contributed by atoms with Crippen LogP contribution in [0.4, 0.5) is 13.6 Å². The minimum Gasteiger partial charge on any atom is -0.481 e. The Hall–Kier alpha value is -3.53. The molecular formula is C25H26F2N2O6. The molecule has 0 heterocycles. The Morgan fingerprint density at radius 3 is 2.20 bits per heavy atom. The van der Waals surface area contributed by atoms with E-state index in [2.05, 4.69) is 10.6 Å². The molecule has 2 aliphatic rings. The van der Waals surface area contributed by atoms with Crippen LogP contribution < -0.4 is 10.6 Å². The Morgan fingerprint density at radius 2 is 1.57 bits per heavy atom. The van der Waals surface area contributed by atoms with E-state index >= 15 is 0 Å². The second-order valence-electron chi connectivity index (χ2n) is 8.51. The molecule has 4 rings (SSSR count). The average molecular weight is 488 g/mol. The van der Waals surface area contributed by atoms with Gasteiger partial charge in [-0.3, -0.25) is 9.59 Å². The summed E-state index contributed by atoms with van der Waals surface area (Å²) in [5, 5.41) is 13.2. The SMILES string of the molecule is O=C(O)CCOCCNC(=O)[C@@H]1[C@H](CNC(=O)OCC2c3ccccc3-c3ccccc32)C1(F)F. The summed E-state index contributed by atoms with van der Waals surface area (Å²) in [6.45, 7) is -0.363. The topological polar surface area (TPSA) is 114 Å². The Bertz CT molecular complexity index is 1060. The van der Waals surface area contributed by atoms with Gasteiger partial charge in [0.25, 0.3) is 5.92 Å². The number of alkyl halides is 2. The lowest BCUT2D eigenvalue weighted by molar-refractivity contribution is -0.138. The van der Waals surface area contributed by atoms with Crippen molar-refractivity contribution in [1.82, 2.24) is 10.6 Å². The molecule has 3 N–H and O–H groups in total. The van der Waals surface area contributed by atoms with Gasteiger partial charge in [-0.25, -0.2) is 13.6 Å². The Morgan fingerprint density at radius 1 is 0.943 bits per heavy atom. The van der Waals surface area contributed by atoms with E-state index in [1.165, 1.54) is 0 Å². The molecule has 2 aliphatic carbocycles. The Balaban J connectivity index is 1.21. The van der Waals surface area contributed by atoms with Crippen LogP contribution in [0.3, 0.4) is 0 Å². The molecule has 0 aromatic heterocycles. The van der Waals surface area contributed by atoms with Gasteiger partial charge in [0.05, 0.1) is 25.6 Å². The van der Waals surface area contributed by atoms with E-state index in [0.29, 0.717) is 0 Å².